The molecule has 11 heteroatoms. The number of aliphatic hydroxyl groups is 2. The van der Waals surface area contributed by atoms with Gasteiger partial charge >= 0.3 is 0 Å². The molecule has 7 nitrogen and oxygen atoms in total. The average Bonchev–Trinajstić information content (AvgIpc) is 1.44. The van der Waals surface area contributed by atoms with Crippen molar-refractivity contribution in [3.8, 4) is 56.6 Å². The minimum absolute atomic E-state index is 0. The van der Waals surface area contributed by atoms with Gasteiger partial charge in [-0.05, 0) is 187 Å². The summed E-state index contributed by atoms with van der Waals surface area (Å²) in [6, 6.07) is 41.1. The standard InChI is InChI=1S/C85H104F2N2O4.C4H8O.C4H11Si.Y/c1-50-36-58(86)46-66(64-38-56(84(21,22)48-78(3,4)5)44-72(74(64)90)88-68-40-52(80(9,10)11)26-30-60(68)61-31-27-53(41-69(61)88)81(12,13)14)76(50)92-34-25-35-93-77-51(2)37-59(87)47-67(77)65-39-57(85(23,24)49-79(6,7)8)45-73(75(65)91)89-70-42-54(82(15,16)17)28-32-62(70)63-33-29-55(43-71(63)89)83(18,19)20;1-2-4-5-3-1;1-5(2,3)4;/h26-33,36-47,90-91H,25,34-35,48-49H2,1-24H3;1-4H2;1H2,2-4H3;/q;;-1;/p+1. The minimum atomic E-state index is -0.861. The van der Waals surface area contributed by atoms with E-state index in [4.69, 9.17) is 9.47 Å². The number of phenolic OH excluding ortho intramolecular Hbond substituents is 2. The van der Waals surface area contributed by atoms with Crippen molar-refractivity contribution >= 4 is 51.7 Å². The van der Waals surface area contributed by atoms with Gasteiger partial charge in [-0.2, -0.15) is 0 Å². The van der Waals surface area contributed by atoms with E-state index in [9.17, 15) is 10.2 Å². The van der Waals surface area contributed by atoms with Gasteiger partial charge in [0, 0.05) is 95.8 Å². The van der Waals surface area contributed by atoms with Crippen LogP contribution in [0.4, 0.5) is 8.78 Å². The Morgan fingerprint density at radius 3 is 0.933 bits per heavy atom. The number of hydrogen-bond donors (Lipinski definition) is 2. The molecular formula is C93H124F2N2O5SiY. The molecular weight excluding hydrogens is 1380 g/mol. The summed E-state index contributed by atoms with van der Waals surface area (Å²) >= 11 is 0. The third kappa shape index (κ3) is 19.3. The zero-order valence-electron chi connectivity index (χ0n) is 68.5. The van der Waals surface area contributed by atoms with E-state index < -0.39 is 19.7 Å². The summed E-state index contributed by atoms with van der Waals surface area (Å²) < 4.78 is 54.8. The van der Waals surface area contributed by atoms with E-state index in [0.717, 1.165) is 80.8 Å². The Bertz CT molecular complexity index is 4320. The van der Waals surface area contributed by atoms with Crippen LogP contribution in [-0.4, -0.2) is 58.6 Å². The third-order valence-corrected chi connectivity index (χ3v) is 19.9. The largest absolute Gasteiger partial charge is 0.505 e. The molecule has 3 heterocycles. The van der Waals surface area contributed by atoms with Crippen LogP contribution in [0.1, 0.15) is 229 Å². The topological polar surface area (TPSA) is 81.6 Å². The number of hydrogen-bond acceptors (Lipinski definition) is 4. The molecule has 1 fully saturated rings. The van der Waals surface area contributed by atoms with Crippen LogP contribution in [0.15, 0.2) is 121 Å². The Labute approximate surface area is 650 Å². The maximum absolute atomic E-state index is 16.3. The molecule has 1 radical (unpaired) electrons. The number of ether oxygens (including phenoxy) is 3. The van der Waals surface area contributed by atoms with E-state index in [0.29, 0.717) is 62.7 Å². The van der Waals surface area contributed by atoms with Crippen molar-refractivity contribution in [2.45, 2.75) is 250 Å². The van der Waals surface area contributed by atoms with Crippen LogP contribution in [0, 0.1) is 42.9 Å². The van der Waals surface area contributed by atoms with E-state index in [1.807, 2.05) is 26.0 Å². The van der Waals surface area contributed by atoms with Gasteiger partial charge in [-0.1, -0.05) is 220 Å². The van der Waals surface area contributed by atoms with E-state index in [-0.39, 0.29) is 101 Å². The summed E-state index contributed by atoms with van der Waals surface area (Å²) in [7, 11) is -0.861. The van der Waals surface area contributed by atoms with E-state index in [2.05, 4.69) is 277 Å². The molecule has 0 bridgehead atoms. The molecule has 104 heavy (non-hydrogen) atoms. The summed E-state index contributed by atoms with van der Waals surface area (Å²) in [6.45, 7) is 66.0. The number of nitrogens with zero attached hydrogens (tertiary/aromatic N) is 2. The van der Waals surface area contributed by atoms with Crippen molar-refractivity contribution in [2.24, 2.45) is 10.8 Å². The van der Waals surface area contributed by atoms with Gasteiger partial charge in [0.15, 0.2) is 0 Å². The predicted octanol–water partition coefficient (Wildman–Crippen LogP) is 26.0. The molecule has 10 aromatic rings. The first-order chi connectivity index (χ1) is 47.3. The van der Waals surface area contributed by atoms with Crippen molar-refractivity contribution in [1.82, 2.24) is 9.13 Å². The van der Waals surface area contributed by atoms with Crippen LogP contribution < -0.4 is 9.47 Å². The third-order valence-electron chi connectivity index (χ3n) is 19.9. The van der Waals surface area contributed by atoms with Crippen LogP contribution in [0.2, 0.25) is 19.6 Å². The van der Waals surface area contributed by atoms with Crippen LogP contribution in [0.5, 0.6) is 23.0 Å². The summed E-state index contributed by atoms with van der Waals surface area (Å²) in [6.07, 6.45) is 4.72. The predicted molar refractivity (Wildman–Crippen MR) is 440 cm³/mol. The average molecular weight is 1510 g/mol. The molecule has 0 saturated carbocycles. The number of rotatable bonds is 14. The molecule has 0 unspecified atom stereocenters. The number of fused-ring (bicyclic) bond motifs is 6. The Morgan fingerprint density at radius 1 is 0.413 bits per heavy atom. The quantitative estimate of drug-likeness (QED) is 0.0492. The van der Waals surface area contributed by atoms with Gasteiger partial charge in [-0.3, -0.25) is 0 Å². The smallest absolute Gasteiger partial charge is 0.147 e. The van der Waals surface area contributed by atoms with E-state index >= 15 is 8.78 Å². The fourth-order valence-corrected chi connectivity index (χ4v) is 15.3. The molecule has 1 aliphatic rings. The Kier molecular flexibility index (Phi) is 24.6. The fourth-order valence-electron chi connectivity index (χ4n) is 15.3. The van der Waals surface area contributed by atoms with Crippen molar-refractivity contribution in [3.05, 3.63) is 184 Å². The molecule has 0 spiro atoms. The summed E-state index contributed by atoms with van der Waals surface area (Å²) in [4.78, 5) is 0. The van der Waals surface area contributed by atoms with Crippen molar-refractivity contribution in [2.75, 3.05) is 26.4 Å². The number of aromatic nitrogens is 2. The van der Waals surface area contributed by atoms with Crippen LogP contribution in [0.25, 0.3) is 77.2 Å². The number of aromatic hydroxyl groups is 2. The van der Waals surface area contributed by atoms with Crippen LogP contribution in [-0.2, 0) is 65.2 Å². The molecule has 0 aliphatic carbocycles. The van der Waals surface area contributed by atoms with Gasteiger partial charge in [-0.15, -0.1) is 8.07 Å². The fraction of sp³-hybridized carbons (Fsp3) is 0.473. The summed E-state index contributed by atoms with van der Waals surface area (Å²) in [5.41, 5.74) is 13.3. The van der Waals surface area contributed by atoms with E-state index in [1.54, 1.807) is 0 Å². The van der Waals surface area contributed by atoms with Gasteiger partial charge in [0.2, 0.25) is 0 Å². The van der Waals surface area contributed by atoms with Gasteiger partial charge in [-0.25, -0.2) is 8.78 Å². The SMILES string of the molecule is C1CC[OH+]C1.Cc1cc(F)cc(-c2cc(C(C)(C)CC(C)(C)C)cc(-n3c4cc(C(C)(C)C)ccc4c4ccc(C(C)(C)C)cc43)c2O)c1OCCCOc1c(C)cc(F)cc1-c1cc(C(C)(C)CC(C)(C)C)cc(-n2c3cc(C(C)(C)C)ccc3c3ccc(C(C)(C)C)cc32)c1O.[CH2-][Si](C)(C)C.[Y]. The maximum atomic E-state index is 16.3. The second-order valence-corrected chi connectivity index (χ2v) is 43.9. The summed E-state index contributed by atoms with van der Waals surface area (Å²) in [5, 5.41) is 30.8. The van der Waals surface area contributed by atoms with Gasteiger partial charge in [0.05, 0.1) is 46.7 Å². The van der Waals surface area contributed by atoms with Crippen molar-refractivity contribution in [3.63, 3.8) is 0 Å². The number of benzene rings is 8. The molecule has 1 saturated heterocycles. The Morgan fingerprint density at radius 2 is 0.692 bits per heavy atom. The zero-order valence-corrected chi connectivity index (χ0v) is 72.3. The van der Waals surface area contributed by atoms with Gasteiger partial charge in [0.25, 0.3) is 0 Å². The molecule has 8 aromatic carbocycles. The first-order valence-electron chi connectivity index (χ1n) is 37.6. The van der Waals surface area contributed by atoms with Crippen LogP contribution >= 0.6 is 0 Å². The Balaban J connectivity index is 0.00000115. The van der Waals surface area contributed by atoms with Crippen LogP contribution in [0.3, 0.4) is 0 Å². The molecule has 1 aliphatic heterocycles. The molecule has 3 N–H and O–H groups in total. The first-order valence-corrected chi connectivity index (χ1v) is 41.3. The zero-order chi connectivity index (χ0) is 76.4. The number of halogens is 2. The second kappa shape index (κ2) is 30.8. The maximum Gasteiger partial charge on any atom is 0.147 e. The molecule has 0 atom stereocenters. The molecule has 557 valence electrons. The second-order valence-electron chi connectivity index (χ2n) is 38.8. The van der Waals surface area contributed by atoms with Crippen molar-refractivity contribution in [1.29, 1.82) is 0 Å². The minimum Gasteiger partial charge on any atom is -0.505 e. The number of aryl methyl sites for hydroxylation is 2. The summed E-state index contributed by atoms with van der Waals surface area (Å²) in [5.74, 6) is 0.0528. The van der Waals surface area contributed by atoms with Gasteiger partial charge in [0.1, 0.15) is 47.8 Å². The Hall–Kier alpha value is -6.30. The molecule has 2 aromatic heterocycles. The normalized spacial score (nSPS) is 13.7. The monoisotopic (exact) mass is 1500 g/mol. The van der Waals surface area contributed by atoms with Crippen molar-refractivity contribution < 1.29 is 65.9 Å². The molecule has 0 amide bonds. The molecule has 11 rings (SSSR count). The number of phenols is 2. The van der Waals surface area contributed by atoms with E-state index in [1.165, 1.54) is 59.4 Å². The first kappa shape index (κ1) is 83.3. The van der Waals surface area contributed by atoms with Gasteiger partial charge < -0.3 is 40.1 Å².